The van der Waals surface area contributed by atoms with E-state index in [2.05, 4.69) is 18.5 Å². The minimum absolute atomic E-state index is 0.0437. The van der Waals surface area contributed by atoms with Gasteiger partial charge < -0.3 is 5.32 Å². The van der Waals surface area contributed by atoms with Gasteiger partial charge in [-0.05, 0) is 12.5 Å². The minimum Gasteiger partial charge on any atom is -0.328 e. The van der Waals surface area contributed by atoms with Gasteiger partial charge in [0.05, 0.1) is 11.6 Å². The molecule has 2 amide bonds. The molecule has 0 bridgehead atoms. The maximum absolute atomic E-state index is 13.8. The Labute approximate surface area is 115 Å². The third kappa shape index (κ3) is 1.66. The van der Waals surface area contributed by atoms with Crippen molar-refractivity contribution < 1.29 is 14.0 Å². The Morgan fingerprint density at radius 3 is 2.70 bits per heavy atom. The van der Waals surface area contributed by atoms with Crippen molar-refractivity contribution in [1.29, 1.82) is 0 Å². The van der Waals surface area contributed by atoms with E-state index in [-0.39, 0.29) is 17.5 Å². The predicted octanol–water partition coefficient (Wildman–Crippen LogP) is 2.04. The fourth-order valence-corrected chi connectivity index (χ4v) is 2.74. The fourth-order valence-electron chi connectivity index (χ4n) is 2.74. The second-order valence-electron chi connectivity index (χ2n) is 4.91. The van der Waals surface area contributed by atoms with Crippen molar-refractivity contribution in [1.82, 2.24) is 10.2 Å². The lowest BCUT2D eigenvalue weighted by Crippen LogP contribution is -2.45. The van der Waals surface area contributed by atoms with Crippen molar-refractivity contribution in [2.24, 2.45) is 0 Å². The first-order valence-corrected chi connectivity index (χ1v) is 6.30. The minimum atomic E-state index is -0.554. The molecule has 0 aromatic heterocycles. The van der Waals surface area contributed by atoms with Crippen LogP contribution in [-0.4, -0.2) is 22.8 Å². The number of benzene rings is 1. The second-order valence-corrected chi connectivity index (χ2v) is 4.91. The van der Waals surface area contributed by atoms with Crippen molar-refractivity contribution in [3.63, 3.8) is 0 Å². The van der Waals surface area contributed by atoms with E-state index in [1.807, 2.05) is 0 Å². The summed E-state index contributed by atoms with van der Waals surface area (Å²) in [6.45, 7) is 7.67. The summed E-state index contributed by atoms with van der Waals surface area (Å²) in [6.07, 6.45) is 0.768. The largest absolute Gasteiger partial charge is 0.328 e. The third-order valence-electron chi connectivity index (χ3n) is 3.71. The van der Waals surface area contributed by atoms with E-state index in [0.29, 0.717) is 29.8 Å². The molecule has 0 spiro atoms. The van der Waals surface area contributed by atoms with Gasteiger partial charge in [-0.15, -0.1) is 0 Å². The first-order chi connectivity index (χ1) is 9.50. The number of carbonyl (C=O) groups is 2. The highest BCUT2D eigenvalue weighted by Gasteiger charge is 2.40. The van der Waals surface area contributed by atoms with Crippen molar-refractivity contribution in [3.05, 3.63) is 54.0 Å². The summed E-state index contributed by atoms with van der Waals surface area (Å²) in [5.41, 5.74) is 1.44. The van der Waals surface area contributed by atoms with Crippen molar-refractivity contribution in [2.45, 2.75) is 18.9 Å². The summed E-state index contributed by atoms with van der Waals surface area (Å²) in [4.78, 5) is 25.2. The first kappa shape index (κ1) is 12.6. The normalized spacial score (nSPS) is 22.1. The Bertz CT molecular complexity index is 666. The summed E-state index contributed by atoms with van der Waals surface area (Å²) in [5, 5.41) is 2.63. The smallest absolute Gasteiger partial charge is 0.262 e. The van der Waals surface area contributed by atoms with Gasteiger partial charge in [0.25, 0.3) is 5.91 Å². The zero-order valence-corrected chi connectivity index (χ0v) is 10.8. The van der Waals surface area contributed by atoms with Crippen LogP contribution in [0.4, 0.5) is 4.39 Å². The average molecular weight is 272 g/mol. The predicted molar refractivity (Wildman–Crippen MR) is 71.9 cm³/mol. The zero-order chi connectivity index (χ0) is 14.4. The van der Waals surface area contributed by atoms with Crippen LogP contribution >= 0.6 is 0 Å². The van der Waals surface area contributed by atoms with Gasteiger partial charge in [-0.3, -0.25) is 14.5 Å². The highest BCUT2D eigenvalue weighted by molar-refractivity contribution is 6.09. The molecule has 2 aliphatic rings. The standard InChI is InChI=1S/C15H13FN2O2/c1-8-12(6-7-13(19)17-8)18-9(2)10-4-3-5-11(16)14(10)15(18)20/h3-5,12H,1-2,6-7H2,(H,17,19). The molecule has 0 aliphatic carbocycles. The van der Waals surface area contributed by atoms with E-state index in [1.54, 1.807) is 12.1 Å². The molecule has 1 aromatic carbocycles. The van der Waals surface area contributed by atoms with Crippen LogP contribution in [0.1, 0.15) is 28.8 Å². The number of carbonyl (C=O) groups excluding carboxylic acids is 2. The molecular formula is C15H13FN2O2. The van der Waals surface area contributed by atoms with Gasteiger partial charge >= 0.3 is 0 Å². The van der Waals surface area contributed by atoms with Gasteiger partial charge in [-0.2, -0.15) is 0 Å². The summed E-state index contributed by atoms with van der Waals surface area (Å²) < 4.78 is 13.8. The number of nitrogens with one attached hydrogen (secondary N) is 1. The van der Waals surface area contributed by atoms with Crippen molar-refractivity contribution in [2.75, 3.05) is 0 Å². The zero-order valence-electron chi connectivity index (χ0n) is 10.8. The molecule has 1 N–H and O–H groups in total. The number of hydrogen-bond acceptors (Lipinski definition) is 2. The molecule has 2 aliphatic heterocycles. The lowest BCUT2D eigenvalue weighted by molar-refractivity contribution is -0.121. The summed E-state index contributed by atoms with van der Waals surface area (Å²) in [5.74, 6) is -1.10. The molecule has 1 unspecified atom stereocenters. The van der Waals surface area contributed by atoms with Gasteiger partial charge in [-0.1, -0.05) is 25.3 Å². The molecule has 1 aromatic rings. The highest BCUT2D eigenvalue weighted by atomic mass is 19.1. The number of rotatable bonds is 1. The molecular weight excluding hydrogens is 259 g/mol. The molecule has 0 radical (unpaired) electrons. The van der Waals surface area contributed by atoms with E-state index >= 15 is 0 Å². The molecule has 3 rings (SSSR count). The molecule has 2 heterocycles. The van der Waals surface area contributed by atoms with Crippen LogP contribution in [0.15, 0.2) is 37.1 Å². The van der Waals surface area contributed by atoms with Crippen molar-refractivity contribution in [3.8, 4) is 0 Å². The molecule has 1 fully saturated rings. The molecule has 102 valence electrons. The topological polar surface area (TPSA) is 49.4 Å². The number of halogens is 1. The number of fused-ring (bicyclic) bond motifs is 1. The third-order valence-corrected chi connectivity index (χ3v) is 3.71. The lowest BCUT2D eigenvalue weighted by atomic mass is 10.0. The summed E-state index contributed by atoms with van der Waals surface area (Å²) in [7, 11) is 0. The molecule has 1 atom stereocenters. The van der Waals surface area contributed by atoms with Gasteiger partial charge in [0, 0.05) is 23.4 Å². The van der Waals surface area contributed by atoms with Crippen molar-refractivity contribution >= 4 is 17.5 Å². The molecule has 5 heteroatoms. The Kier molecular flexibility index (Phi) is 2.71. The van der Waals surface area contributed by atoms with Crippen LogP contribution in [0.3, 0.4) is 0 Å². The van der Waals surface area contributed by atoms with Crippen LogP contribution in [0.2, 0.25) is 0 Å². The van der Waals surface area contributed by atoms with E-state index in [1.165, 1.54) is 11.0 Å². The van der Waals surface area contributed by atoms with Gasteiger partial charge in [0.2, 0.25) is 5.91 Å². The number of amides is 2. The van der Waals surface area contributed by atoms with Crippen LogP contribution in [-0.2, 0) is 4.79 Å². The van der Waals surface area contributed by atoms with Crippen LogP contribution < -0.4 is 5.32 Å². The maximum atomic E-state index is 13.8. The second kappa shape index (κ2) is 4.30. The molecule has 20 heavy (non-hydrogen) atoms. The van der Waals surface area contributed by atoms with Crippen LogP contribution in [0.25, 0.3) is 5.70 Å². The van der Waals surface area contributed by atoms with Gasteiger partial charge in [0.15, 0.2) is 0 Å². The van der Waals surface area contributed by atoms with Gasteiger partial charge in [-0.25, -0.2) is 4.39 Å². The first-order valence-electron chi connectivity index (χ1n) is 6.30. The average Bonchev–Trinajstić information content (AvgIpc) is 2.64. The van der Waals surface area contributed by atoms with E-state index in [4.69, 9.17) is 0 Å². The molecule has 0 saturated carbocycles. The van der Waals surface area contributed by atoms with Crippen LogP contribution in [0, 0.1) is 5.82 Å². The number of hydrogen-bond donors (Lipinski definition) is 1. The number of piperidine rings is 1. The fraction of sp³-hybridized carbons (Fsp3) is 0.200. The van der Waals surface area contributed by atoms with Crippen LogP contribution in [0.5, 0.6) is 0 Å². The van der Waals surface area contributed by atoms with E-state index in [0.717, 1.165) is 0 Å². The lowest BCUT2D eigenvalue weighted by Gasteiger charge is -2.33. The Morgan fingerprint density at radius 1 is 1.30 bits per heavy atom. The summed E-state index contributed by atoms with van der Waals surface area (Å²) in [6, 6.07) is 4.10. The Morgan fingerprint density at radius 2 is 2.05 bits per heavy atom. The monoisotopic (exact) mass is 272 g/mol. The van der Waals surface area contributed by atoms with E-state index < -0.39 is 11.7 Å². The SMILES string of the molecule is C=C1NC(=O)CCC1N1C(=C)c2cccc(F)c2C1=O. The molecule has 1 saturated heterocycles. The molecule has 4 nitrogen and oxygen atoms in total. The van der Waals surface area contributed by atoms with E-state index in [9.17, 15) is 14.0 Å². The maximum Gasteiger partial charge on any atom is 0.262 e. The van der Waals surface area contributed by atoms with Gasteiger partial charge in [0.1, 0.15) is 5.82 Å². The Hall–Kier alpha value is -2.43. The number of nitrogens with zero attached hydrogens (tertiary/aromatic N) is 1. The summed E-state index contributed by atoms with van der Waals surface area (Å²) >= 11 is 0. The quantitative estimate of drug-likeness (QED) is 0.850. The highest BCUT2D eigenvalue weighted by Crippen LogP contribution is 2.37. The Balaban J connectivity index is 2.00.